The summed E-state index contributed by atoms with van der Waals surface area (Å²) in [5, 5.41) is 0.383. The first-order chi connectivity index (χ1) is 8.88. The monoisotopic (exact) mass is 323 g/mol. The van der Waals surface area contributed by atoms with Gasteiger partial charge in [-0.05, 0) is 26.2 Å². The maximum Gasteiger partial charge on any atom is 0.186 e. The third kappa shape index (κ3) is 3.74. The second-order valence-corrected chi connectivity index (χ2v) is 7.18. The molecule has 1 aromatic rings. The molecule has 0 aromatic carbocycles. The molecule has 0 amide bonds. The van der Waals surface area contributed by atoms with Gasteiger partial charge in [-0.3, -0.25) is 9.88 Å². The fourth-order valence-corrected chi connectivity index (χ4v) is 4.83. The van der Waals surface area contributed by atoms with E-state index in [9.17, 15) is 14.0 Å². The highest BCUT2D eigenvalue weighted by atomic mass is 35.7. The van der Waals surface area contributed by atoms with Gasteiger partial charge in [0.2, 0.25) is 0 Å². The van der Waals surface area contributed by atoms with Crippen LogP contribution in [0, 0.1) is 10.2 Å². The van der Waals surface area contributed by atoms with Crippen LogP contribution in [0.1, 0.15) is 5.56 Å². The lowest BCUT2D eigenvalue weighted by molar-refractivity contribution is -1.91. The SMILES string of the molecule is CN(C)C1=S(O[Cl+3]([O-])([O-])[O-])C(c2cccnc2)=NS1. The molecular formula is C9H10ClN3O4S2. The summed E-state index contributed by atoms with van der Waals surface area (Å²) in [5.74, 6) is 0. The van der Waals surface area contributed by atoms with Crippen LogP contribution >= 0.6 is 22.7 Å². The Morgan fingerprint density at radius 3 is 2.63 bits per heavy atom. The van der Waals surface area contributed by atoms with Crippen LogP contribution in [0.15, 0.2) is 28.9 Å². The molecule has 2 heterocycles. The molecule has 10 heteroatoms. The average molecular weight is 324 g/mol. The standard InChI is InChI=1S/C9H10ClN3O4S2/c1-13(2)9-18-12-8(7-4-3-5-11-6-7)19(9)17-10(14,15)16/h3-6H,1-2H3. The molecule has 1 aliphatic heterocycles. The molecule has 0 radical (unpaired) electrons. The first kappa shape index (κ1) is 14.9. The summed E-state index contributed by atoms with van der Waals surface area (Å²) in [6.07, 6.45) is 3.12. The van der Waals surface area contributed by atoms with Gasteiger partial charge in [-0.2, -0.15) is 18.4 Å². The summed E-state index contributed by atoms with van der Waals surface area (Å²) >= 11 is 1.08. The predicted molar refractivity (Wildman–Crippen MR) is 65.7 cm³/mol. The van der Waals surface area contributed by atoms with E-state index in [1.54, 1.807) is 37.3 Å². The molecule has 0 bridgehead atoms. The first-order valence-corrected chi connectivity index (χ1v) is 8.09. The van der Waals surface area contributed by atoms with Crippen LogP contribution in [0.2, 0.25) is 0 Å². The van der Waals surface area contributed by atoms with Crippen molar-refractivity contribution in [3.63, 3.8) is 0 Å². The first-order valence-electron chi connectivity index (χ1n) is 4.93. The Morgan fingerprint density at radius 2 is 2.11 bits per heavy atom. The van der Waals surface area contributed by atoms with Gasteiger partial charge in [-0.25, -0.2) is 0 Å². The van der Waals surface area contributed by atoms with Crippen LogP contribution in [0.5, 0.6) is 0 Å². The molecule has 0 spiro atoms. The third-order valence-corrected chi connectivity index (χ3v) is 6.02. The van der Waals surface area contributed by atoms with E-state index in [0.29, 0.717) is 14.9 Å². The topological polar surface area (TPSA) is 107 Å². The fourth-order valence-electron chi connectivity index (χ4n) is 1.26. The summed E-state index contributed by atoms with van der Waals surface area (Å²) < 4.78 is 41.8. The Hall–Kier alpha value is -0.520. The highest BCUT2D eigenvalue weighted by Gasteiger charge is 2.35. The maximum absolute atomic E-state index is 10.8. The molecule has 1 aromatic heterocycles. The van der Waals surface area contributed by atoms with Crippen LogP contribution in [-0.4, -0.2) is 33.3 Å². The van der Waals surface area contributed by atoms with Gasteiger partial charge in [-0.1, -0.05) is 0 Å². The number of hydrogen-bond donors (Lipinski definition) is 0. The quantitative estimate of drug-likeness (QED) is 0.479. The van der Waals surface area contributed by atoms with Crippen molar-refractivity contribution in [3.05, 3.63) is 30.1 Å². The van der Waals surface area contributed by atoms with Crippen LogP contribution in [-0.2, 0) is 3.74 Å². The molecule has 0 fully saturated rings. The molecule has 1 atom stereocenters. The van der Waals surface area contributed by atoms with Gasteiger partial charge in [0.15, 0.2) is 15.8 Å². The maximum atomic E-state index is 10.8. The van der Waals surface area contributed by atoms with E-state index in [1.807, 2.05) is 0 Å². The Labute approximate surface area is 118 Å². The smallest absolute Gasteiger partial charge is 0.186 e. The normalized spacial score (nSPS) is 20.0. The molecule has 19 heavy (non-hydrogen) atoms. The molecule has 1 aliphatic rings. The minimum Gasteiger partial charge on any atom is -0.267 e. The summed E-state index contributed by atoms with van der Waals surface area (Å²) in [5.41, 5.74) is 0.619. The van der Waals surface area contributed by atoms with Gasteiger partial charge < -0.3 is 0 Å². The molecule has 0 saturated carbocycles. The van der Waals surface area contributed by atoms with Crippen LogP contribution < -0.4 is 14.0 Å². The highest BCUT2D eigenvalue weighted by Crippen LogP contribution is 2.38. The fraction of sp³-hybridized carbons (Fsp3) is 0.222. The third-order valence-electron chi connectivity index (χ3n) is 1.95. The van der Waals surface area contributed by atoms with Crippen molar-refractivity contribution in [2.75, 3.05) is 14.1 Å². The predicted octanol–water partition coefficient (Wildman–Crippen LogP) is -1.76. The molecule has 104 valence electrons. The van der Waals surface area contributed by atoms with Gasteiger partial charge in [0.25, 0.3) is 0 Å². The molecule has 0 saturated heterocycles. The minimum absolute atomic E-state index is 0.383. The minimum atomic E-state index is -4.53. The van der Waals surface area contributed by atoms with E-state index in [1.165, 1.54) is 6.20 Å². The van der Waals surface area contributed by atoms with E-state index >= 15 is 0 Å². The number of hydrogen-bond acceptors (Lipinski definition) is 8. The van der Waals surface area contributed by atoms with Crippen molar-refractivity contribution in [2.45, 2.75) is 0 Å². The van der Waals surface area contributed by atoms with Gasteiger partial charge in [-0.15, -0.1) is 0 Å². The second kappa shape index (κ2) is 5.85. The van der Waals surface area contributed by atoms with E-state index in [0.717, 1.165) is 11.9 Å². The van der Waals surface area contributed by atoms with Gasteiger partial charge in [0.1, 0.15) is 8.06 Å². The highest BCUT2D eigenvalue weighted by molar-refractivity contribution is 8.41. The lowest BCUT2D eigenvalue weighted by Crippen LogP contribution is -2.60. The number of rotatable bonds is 3. The average Bonchev–Trinajstić information content (AvgIpc) is 2.71. The molecule has 7 nitrogen and oxygen atoms in total. The van der Waals surface area contributed by atoms with Gasteiger partial charge in [0.05, 0.1) is 10.2 Å². The number of pyridine rings is 1. The van der Waals surface area contributed by atoms with Crippen LogP contribution in [0.4, 0.5) is 0 Å². The zero-order valence-electron chi connectivity index (χ0n) is 9.98. The summed E-state index contributed by atoms with van der Waals surface area (Å²) in [6.45, 7) is 0. The van der Waals surface area contributed by atoms with Gasteiger partial charge >= 0.3 is 0 Å². The molecular weight excluding hydrogens is 314 g/mol. The van der Waals surface area contributed by atoms with E-state index in [2.05, 4.69) is 13.1 Å². The largest absolute Gasteiger partial charge is 0.267 e. The zero-order chi connectivity index (χ0) is 14.0. The van der Waals surface area contributed by atoms with Crippen molar-refractivity contribution in [1.29, 1.82) is 0 Å². The summed E-state index contributed by atoms with van der Waals surface area (Å²) in [6, 6.07) is 3.42. The Bertz CT molecular complexity index is 530. The van der Waals surface area contributed by atoms with E-state index in [-0.39, 0.29) is 0 Å². The van der Waals surface area contributed by atoms with E-state index in [4.69, 9.17) is 0 Å². The van der Waals surface area contributed by atoms with Crippen molar-refractivity contribution >= 4 is 32.1 Å². The Balaban J connectivity index is 2.40. The molecule has 0 aliphatic carbocycles. The number of aromatic nitrogens is 1. The lowest BCUT2D eigenvalue weighted by atomic mass is 10.3. The van der Waals surface area contributed by atoms with Crippen molar-refractivity contribution in [3.8, 4) is 0 Å². The zero-order valence-corrected chi connectivity index (χ0v) is 12.4. The van der Waals surface area contributed by atoms with Gasteiger partial charge in [0, 0.05) is 29.9 Å². The number of nitrogens with zero attached hydrogens (tertiary/aromatic N) is 3. The van der Waals surface area contributed by atoms with Crippen LogP contribution in [0.3, 0.4) is 0 Å². The van der Waals surface area contributed by atoms with E-state index < -0.39 is 21.0 Å². The molecule has 1 unspecified atom stereocenters. The van der Waals surface area contributed by atoms with Crippen molar-refractivity contribution in [2.24, 2.45) is 4.40 Å². The summed E-state index contributed by atoms with van der Waals surface area (Å²) in [4.78, 5) is 5.60. The Kier molecular flexibility index (Phi) is 4.58. The van der Waals surface area contributed by atoms with Crippen LogP contribution in [0.25, 0.3) is 0 Å². The number of halogens is 1. The van der Waals surface area contributed by atoms with Crippen molar-refractivity contribution in [1.82, 2.24) is 9.88 Å². The summed E-state index contributed by atoms with van der Waals surface area (Å²) in [7, 11) is -2.43. The second-order valence-electron chi connectivity index (χ2n) is 3.60. The lowest BCUT2D eigenvalue weighted by Gasteiger charge is -2.15. The Morgan fingerprint density at radius 1 is 1.37 bits per heavy atom. The molecule has 0 N–H and O–H groups in total. The van der Waals surface area contributed by atoms with Crippen molar-refractivity contribution < 1.29 is 28.0 Å². The molecule has 2 rings (SSSR count).